The molecule has 0 aromatic rings. The highest BCUT2D eigenvalue weighted by Crippen LogP contribution is 2.16. The van der Waals surface area contributed by atoms with Gasteiger partial charge in [0, 0.05) is 17.8 Å². The Balaban J connectivity index is 0.000000561. The highest BCUT2D eigenvalue weighted by molar-refractivity contribution is 7.99. The molecule has 0 aromatic carbocycles. The molecular formula is C10H23NS. The van der Waals surface area contributed by atoms with E-state index in [2.05, 4.69) is 30.9 Å². The molecule has 12 heavy (non-hydrogen) atoms. The molecule has 0 radical (unpaired) electrons. The van der Waals surface area contributed by atoms with Gasteiger partial charge in [-0.3, -0.25) is 0 Å². The van der Waals surface area contributed by atoms with Crippen molar-refractivity contribution in [2.24, 2.45) is 0 Å². The van der Waals surface area contributed by atoms with Gasteiger partial charge in [0.1, 0.15) is 0 Å². The van der Waals surface area contributed by atoms with Gasteiger partial charge >= 0.3 is 0 Å². The molecule has 1 N–H and O–H groups in total. The van der Waals surface area contributed by atoms with Crippen LogP contribution in [0.25, 0.3) is 0 Å². The van der Waals surface area contributed by atoms with E-state index in [1.165, 1.54) is 24.3 Å². The van der Waals surface area contributed by atoms with Crippen LogP contribution in [0.4, 0.5) is 0 Å². The van der Waals surface area contributed by atoms with E-state index in [0.29, 0.717) is 6.04 Å². The molecule has 1 saturated heterocycles. The summed E-state index contributed by atoms with van der Waals surface area (Å²) >= 11 is 2.08. The van der Waals surface area contributed by atoms with E-state index in [1.54, 1.807) is 0 Å². The third-order valence-corrected chi connectivity index (χ3v) is 2.94. The predicted octanol–water partition coefficient (Wildman–Crippen LogP) is 2.91. The molecule has 1 aliphatic heterocycles. The van der Waals surface area contributed by atoms with E-state index >= 15 is 0 Å². The lowest BCUT2D eigenvalue weighted by molar-refractivity contribution is 0.462. The van der Waals surface area contributed by atoms with E-state index in [-0.39, 0.29) is 0 Å². The minimum Gasteiger partial charge on any atom is -0.311 e. The molecule has 2 heteroatoms. The molecule has 1 rings (SSSR count). The maximum Gasteiger partial charge on any atom is 0.0160 e. The van der Waals surface area contributed by atoms with Crippen LogP contribution in [-0.4, -0.2) is 23.6 Å². The second-order valence-corrected chi connectivity index (χ2v) is 4.39. The quantitative estimate of drug-likeness (QED) is 0.717. The van der Waals surface area contributed by atoms with Gasteiger partial charge in [0.25, 0.3) is 0 Å². The monoisotopic (exact) mass is 189 g/mol. The van der Waals surface area contributed by atoms with Gasteiger partial charge in [-0.05, 0) is 18.6 Å². The first-order valence-electron chi connectivity index (χ1n) is 5.13. The third kappa shape index (κ3) is 5.90. The Morgan fingerprint density at radius 2 is 2.00 bits per heavy atom. The molecule has 1 heterocycles. The van der Waals surface area contributed by atoms with Gasteiger partial charge in [-0.15, -0.1) is 0 Å². The normalized spacial score (nSPS) is 23.2. The van der Waals surface area contributed by atoms with Crippen LogP contribution in [0.2, 0.25) is 0 Å². The van der Waals surface area contributed by atoms with Crippen LogP contribution in [0.5, 0.6) is 0 Å². The molecule has 1 unspecified atom stereocenters. The summed E-state index contributed by atoms with van der Waals surface area (Å²) in [5.41, 5.74) is 0. The van der Waals surface area contributed by atoms with Crippen molar-refractivity contribution in [3.05, 3.63) is 0 Å². The molecule has 0 bridgehead atoms. The largest absolute Gasteiger partial charge is 0.311 e. The topological polar surface area (TPSA) is 12.0 Å². The molecule has 0 saturated carbocycles. The summed E-state index contributed by atoms with van der Waals surface area (Å²) in [6, 6.07) is 1.45. The first-order valence-corrected chi connectivity index (χ1v) is 6.28. The van der Waals surface area contributed by atoms with Crippen molar-refractivity contribution in [1.29, 1.82) is 0 Å². The van der Waals surface area contributed by atoms with E-state index < -0.39 is 0 Å². The number of rotatable bonds is 2. The number of hydrogen-bond acceptors (Lipinski definition) is 2. The second kappa shape index (κ2) is 7.93. The number of hydrogen-bond donors (Lipinski definition) is 1. The van der Waals surface area contributed by atoms with Gasteiger partial charge in [-0.2, -0.15) is 11.8 Å². The Morgan fingerprint density at radius 3 is 2.42 bits per heavy atom. The van der Waals surface area contributed by atoms with Crippen molar-refractivity contribution in [3.8, 4) is 0 Å². The van der Waals surface area contributed by atoms with E-state index in [9.17, 15) is 0 Å². The first kappa shape index (κ1) is 12.3. The molecule has 0 spiro atoms. The zero-order chi connectivity index (χ0) is 9.40. The van der Waals surface area contributed by atoms with Crippen LogP contribution in [0.1, 0.15) is 40.5 Å². The van der Waals surface area contributed by atoms with Crippen molar-refractivity contribution in [2.75, 3.05) is 11.5 Å². The lowest BCUT2D eigenvalue weighted by Gasteiger charge is -2.24. The highest BCUT2D eigenvalue weighted by atomic mass is 32.2. The van der Waals surface area contributed by atoms with Crippen LogP contribution >= 0.6 is 11.8 Å². The molecule has 0 aliphatic carbocycles. The Labute approximate surface area is 81.7 Å². The van der Waals surface area contributed by atoms with Crippen LogP contribution in [-0.2, 0) is 0 Å². The molecule has 1 fully saturated rings. The molecule has 1 nitrogen and oxygen atoms in total. The Hall–Kier alpha value is 0.310. The summed E-state index contributed by atoms with van der Waals surface area (Å²) in [7, 11) is 0. The summed E-state index contributed by atoms with van der Waals surface area (Å²) in [5, 5.41) is 3.56. The first-order chi connectivity index (χ1) is 5.79. The van der Waals surface area contributed by atoms with Crippen LogP contribution in [0, 0.1) is 0 Å². The number of thioether (sulfide) groups is 1. The van der Waals surface area contributed by atoms with Crippen molar-refractivity contribution in [2.45, 2.75) is 52.6 Å². The maximum atomic E-state index is 3.56. The predicted molar refractivity (Wildman–Crippen MR) is 60.0 cm³/mol. The van der Waals surface area contributed by atoms with Crippen LogP contribution in [0.15, 0.2) is 0 Å². The molecule has 74 valence electrons. The van der Waals surface area contributed by atoms with Crippen LogP contribution < -0.4 is 5.32 Å². The zero-order valence-electron chi connectivity index (χ0n) is 8.89. The van der Waals surface area contributed by atoms with E-state index in [0.717, 1.165) is 6.04 Å². The molecule has 0 aromatic heterocycles. The Kier molecular flexibility index (Phi) is 8.14. The standard InChI is InChI=1S/C8H17NS.C2H6/c1-7(2)9-8-4-3-5-10-6-8;1-2/h7-9H,3-6H2,1-2H3;1-2H3. The van der Waals surface area contributed by atoms with Gasteiger partial charge in [0.2, 0.25) is 0 Å². The second-order valence-electron chi connectivity index (χ2n) is 3.24. The highest BCUT2D eigenvalue weighted by Gasteiger charge is 2.13. The van der Waals surface area contributed by atoms with Crippen molar-refractivity contribution in [1.82, 2.24) is 5.32 Å². The van der Waals surface area contributed by atoms with E-state index in [1.807, 2.05) is 13.8 Å². The van der Waals surface area contributed by atoms with Gasteiger partial charge in [0.15, 0.2) is 0 Å². The van der Waals surface area contributed by atoms with Crippen molar-refractivity contribution in [3.63, 3.8) is 0 Å². The number of nitrogens with one attached hydrogen (secondary N) is 1. The summed E-state index contributed by atoms with van der Waals surface area (Å²) in [6.07, 6.45) is 2.78. The Bertz CT molecular complexity index is 87.8. The van der Waals surface area contributed by atoms with Gasteiger partial charge in [-0.1, -0.05) is 27.7 Å². The fourth-order valence-electron chi connectivity index (χ4n) is 1.34. The molecule has 0 amide bonds. The summed E-state index contributed by atoms with van der Waals surface area (Å²) in [6.45, 7) is 8.44. The zero-order valence-corrected chi connectivity index (χ0v) is 9.71. The summed E-state index contributed by atoms with van der Waals surface area (Å²) in [5.74, 6) is 2.69. The molecular weight excluding hydrogens is 166 g/mol. The molecule has 1 atom stereocenters. The fraction of sp³-hybridized carbons (Fsp3) is 1.00. The van der Waals surface area contributed by atoms with Gasteiger partial charge in [-0.25, -0.2) is 0 Å². The minimum atomic E-state index is 0.656. The fourth-order valence-corrected chi connectivity index (χ4v) is 2.43. The maximum absolute atomic E-state index is 3.56. The van der Waals surface area contributed by atoms with Crippen molar-refractivity contribution < 1.29 is 0 Å². The lowest BCUT2D eigenvalue weighted by Crippen LogP contribution is -2.38. The third-order valence-electron chi connectivity index (χ3n) is 1.73. The lowest BCUT2D eigenvalue weighted by atomic mass is 10.1. The van der Waals surface area contributed by atoms with Crippen LogP contribution in [0.3, 0.4) is 0 Å². The summed E-state index contributed by atoms with van der Waals surface area (Å²) < 4.78 is 0. The van der Waals surface area contributed by atoms with Crippen molar-refractivity contribution >= 4 is 11.8 Å². The SMILES string of the molecule is CC.CC(C)NC1CCCSC1. The average molecular weight is 189 g/mol. The average Bonchev–Trinajstić information content (AvgIpc) is 2.08. The Morgan fingerprint density at radius 1 is 1.33 bits per heavy atom. The van der Waals surface area contributed by atoms with Gasteiger partial charge in [0.05, 0.1) is 0 Å². The van der Waals surface area contributed by atoms with E-state index in [4.69, 9.17) is 0 Å². The molecule has 1 aliphatic rings. The van der Waals surface area contributed by atoms with Gasteiger partial charge < -0.3 is 5.32 Å². The summed E-state index contributed by atoms with van der Waals surface area (Å²) in [4.78, 5) is 0. The minimum absolute atomic E-state index is 0.656. The smallest absolute Gasteiger partial charge is 0.0160 e.